The Morgan fingerprint density at radius 2 is 1.31 bits per heavy atom. The third-order valence-corrected chi connectivity index (χ3v) is 6.96. The summed E-state index contributed by atoms with van der Waals surface area (Å²) >= 11 is 0. The second kappa shape index (κ2) is 14.4. The predicted molar refractivity (Wildman–Crippen MR) is 107 cm³/mol. The zero-order valence-corrected chi connectivity index (χ0v) is 17.8. The number of carboxylic acids is 1. The van der Waals surface area contributed by atoms with Gasteiger partial charge in [-0.1, -0.05) is 91.4 Å². The van der Waals surface area contributed by atoms with E-state index in [2.05, 4.69) is 6.92 Å². The van der Waals surface area contributed by atoms with Gasteiger partial charge >= 0.3 is 5.97 Å². The van der Waals surface area contributed by atoms with Gasteiger partial charge in [-0.25, -0.2) is 0 Å². The number of rotatable bonds is 16. The van der Waals surface area contributed by atoms with Crippen LogP contribution in [0.1, 0.15) is 104 Å². The van der Waals surface area contributed by atoms with Gasteiger partial charge in [0.25, 0.3) is 10.1 Å². The van der Waals surface area contributed by atoms with Crippen LogP contribution in [-0.2, 0) is 14.9 Å². The van der Waals surface area contributed by atoms with Crippen LogP contribution >= 0.6 is 0 Å². The molecular formula is C19H41NO5S. The van der Waals surface area contributed by atoms with Crippen LogP contribution in [-0.4, -0.2) is 28.8 Å². The number of carbonyl (C=O) groups is 1. The van der Waals surface area contributed by atoms with Crippen LogP contribution in [0.3, 0.4) is 0 Å². The maximum Gasteiger partial charge on any atom is 0.327 e. The summed E-state index contributed by atoms with van der Waals surface area (Å²) in [5, 5.41) is 9.65. The normalized spacial score (nSPS) is 15.1. The van der Waals surface area contributed by atoms with Gasteiger partial charge in [0.15, 0.2) is 4.75 Å². The largest absolute Gasteiger partial charge is 0.480 e. The van der Waals surface area contributed by atoms with Gasteiger partial charge in [-0.15, -0.1) is 0 Å². The van der Waals surface area contributed by atoms with E-state index in [0.717, 1.165) is 38.5 Å². The molecular weight excluding hydrogens is 354 g/mol. The highest BCUT2D eigenvalue weighted by molar-refractivity contribution is 7.88. The molecule has 0 rings (SSSR count). The molecule has 0 saturated carbocycles. The Morgan fingerprint density at radius 1 is 0.885 bits per heavy atom. The van der Waals surface area contributed by atoms with Gasteiger partial charge < -0.3 is 11.3 Å². The van der Waals surface area contributed by atoms with Gasteiger partial charge in [0.05, 0.1) is 0 Å². The quantitative estimate of drug-likeness (QED) is 0.230. The molecule has 0 aromatic carbocycles. The molecule has 0 fully saturated rings. The van der Waals surface area contributed by atoms with Crippen molar-refractivity contribution in [3.8, 4) is 0 Å². The number of unbranched alkanes of at least 4 members (excludes halogenated alkanes) is 9. The van der Waals surface area contributed by atoms with E-state index in [9.17, 15) is 22.9 Å². The highest BCUT2D eigenvalue weighted by Gasteiger charge is 2.53. The lowest BCUT2D eigenvalue weighted by atomic mass is 9.84. The molecule has 158 valence electrons. The lowest BCUT2D eigenvalue weighted by Gasteiger charge is -2.32. The van der Waals surface area contributed by atoms with Crippen LogP contribution in [0, 0.1) is 5.92 Å². The molecule has 0 aliphatic carbocycles. The minimum absolute atomic E-state index is 0. The molecule has 0 aliphatic rings. The van der Waals surface area contributed by atoms with Gasteiger partial charge in [0.2, 0.25) is 0 Å². The van der Waals surface area contributed by atoms with Gasteiger partial charge in [0, 0.05) is 0 Å². The smallest absolute Gasteiger partial charge is 0.327 e. The summed E-state index contributed by atoms with van der Waals surface area (Å²) in [4.78, 5) is 11.8. The Balaban J connectivity index is 0. The lowest BCUT2D eigenvalue weighted by Crippen LogP contribution is -2.51. The third-order valence-electron chi connectivity index (χ3n) is 5.26. The molecule has 0 aromatic heterocycles. The second-order valence-electron chi connectivity index (χ2n) is 7.29. The van der Waals surface area contributed by atoms with Crippen LogP contribution in [0.15, 0.2) is 0 Å². The van der Waals surface area contributed by atoms with Crippen LogP contribution in [0.5, 0.6) is 0 Å². The van der Waals surface area contributed by atoms with Crippen LogP contribution in [0.2, 0.25) is 0 Å². The van der Waals surface area contributed by atoms with Crippen LogP contribution in [0.25, 0.3) is 0 Å². The van der Waals surface area contributed by atoms with Crippen molar-refractivity contribution in [3.63, 3.8) is 0 Å². The van der Waals surface area contributed by atoms with Crippen LogP contribution in [0.4, 0.5) is 0 Å². The van der Waals surface area contributed by atoms with Gasteiger partial charge in [0.1, 0.15) is 0 Å². The molecule has 2 unspecified atom stereocenters. The molecule has 26 heavy (non-hydrogen) atoms. The first kappa shape index (κ1) is 27.6. The zero-order valence-electron chi connectivity index (χ0n) is 17.0. The van der Waals surface area contributed by atoms with Crippen molar-refractivity contribution in [2.24, 2.45) is 5.92 Å². The molecule has 6 nitrogen and oxygen atoms in total. The monoisotopic (exact) mass is 395 g/mol. The molecule has 7 heteroatoms. The van der Waals surface area contributed by atoms with E-state index < -0.39 is 26.8 Å². The highest BCUT2D eigenvalue weighted by Crippen LogP contribution is 2.36. The summed E-state index contributed by atoms with van der Waals surface area (Å²) in [6.07, 6.45) is 11.4. The maximum absolute atomic E-state index is 12.0. The summed E-state index contributed by atoms with van der Waals surface area (Å²) < 4.78 is 31.6. The minimum atomic E-state index is -4.67. The summed E-state index contributed by atoms with van der Waals surface area (Å²) in [6.45, 7) is 5.85. The molecule has 0 heterocycles. The predicted octanol–water partition coefficient (Wildman–Crippen LogP) is 5.61. The van der Waals surface area contributed by atoms with Crippen molar-refractivity contribution >= 4 is 16.1 Å². The van der Waals surface area contributed by atoms with Crippen molar-refractivity contribution in [1.29, 1.82) is 0 Å². The first-order valence-electron chi connectivity index (χ1n) is 9.94. The first-order chi connectivity index (χ1) is 11.7. The molecule has 0 radical (unpaired) electrons. The molecule has 5 N–H and O–H groups in total. The molecule has 0 amide bonds. The topological polar surface area (TPSA) is 127 Å². The van der Waals surface area contributed by atoms with Crippen molar-refractivity contribution in [2.75, 3.05) is 0 Å². The van der Waals surface area contributed by atoms with Crippen LogP contribution < -0.4 is 6.15 Å². The third kappa shape index (κ3) is 8.82. The van der Waals surface area contributed by atoms with E-state index in [1.54, 1.807) is 6.92 Å². The number of hydrogen-bond donors (Lipinski definition) is 3. The molecule has 0 spiro atoms. The minimum Gasteiger partial charge on any atom is -0.480 e. The number of hydrogen-bond acceptors (Lipinski definition) is 4. The highest BCUT2D eigenvalue weighted by atomic mass is 32.2. The Labute approximate surface area is 160 Å². The molecule has 0 bridgehead atoms. The number of aliphatic carboxylic acids is 1. The Morgan fingerprint density at radius 3 is 1.73 bits per heavy atom. The zero-order chi connectivity index (χ0) is 19.3. The van der Waals surface area contributed by atoms with E-state index in [0.29, 0.717) is 12.8 Å². The Bertz CT molecular complexity index is 467. The molecule has 0 aromatic rings. The summed E-state index contributed by atoms with van der Waals surface area (Å²) in [7, 11) is -4.67. The van der Waals surface area contributed by atoms with E-state index in [1.807, 2.05) is 6.92 Å². The molecule has 2 atom stereocenters. The van der Waals surface area contributed by atoms with Crippen molar-refractivity contribution < 1.29 is 22.9 Å². The second-order valence-corrected chi connectivity index (χ2v) is 8.97. The van der Waals surface area contributed by atoms with Crippen molar-refractivity contribution in [2.45, 2.75) is 109 Å². The van der Waals surface area contributed by atoms with E-state index >= 15 is 0 Å². The van der Waals surface area contributed by atoms with Gasteiger partial charge in [-0.05, 0) is 18.8 Å². The summed E-state index contributed by atoms with van der Waals surface area (Å²) in [5.41, 5.74) is 0. The fourth-order valence-corrected chi connectivity index (χ4v) is 4.76. The van der Waals surface area contributed by atoms with Gasteiger partial charge in [-0.2, -0.15) is 8.42 Å². The fourth-order valence-electron chi connectivity index (χ4n) is 3.51. The van der Waals surface area contributed by atoms with E-state index in [-0.39, 0.29) is 12.6 Å². The number of carboxylic acid groups (broad SMARTS) is 1. The summed E-state index contributed by atoms with van der Waals surface area (Å²) in [6, 6.07) is 0. The van der Waals surface area contributed by atoms with Crippen molar-refractivity contribution in [3.05, 3.63) is 0 Å². The first-order valence-corrected chi connectivity index (χ1v) is 11.4. The molecule has 0 aliphatic heterocycles. The lowest BCUT2D eigenvalue weighted by molar-refractivity contribution is -0.142. The maximum atomic E-state index is 12.0. The molecule has 0 saturated heterocycles. The fraction of sp³-hybridized carbons (Fsp3) is 0.947. The van der Waals surface area contributed by atoms with E-state index in [1.165, 1.54) is 25.7 Å². The average Bonchev–Trinajstić information content (AvgIpc) is 2.52. The average molecular weight is 396 g/mol. The van der Waals surface area contributed by atoms with Gasteiger partial charge in [-0.3, -0.25) is 9.35 Å². The Kier molecular flexibility index (Phi) is 15.3. The SMILES string of the molecule is CCCCCCCCCCC(C(=O)O)(C(C)CCCCC)S(=O)(=O)O.N. The van der Waals surface area contributed by atoms with E-state index in [4.69, 9.17) is 0 Å². The van der Waals surface area contributed by atoms with Crippen molar-refractivity contribution in [1.82, 2.24) is 6.15 Å². The summed E-state index contributed by atoms with van der Waals surface area (Å²) in [5.74, 6) is -2.02. The Hall–Kier alpha value is -0.660. The standard InChI is InChI=1S/C19H38O5S.H3N/c1-4-6-8-9-10-11-12-14-16-19(18(20)21,25(22,23)24)17(3)15-13-7-5-2;/h17H,4-16H2,1-3H3,(H,20,21)(H,22,23,24);1H3.